The molecule has 1 N–H and O–H groups in total. The first-order valence-corrected chi connectivity index (χ1v) is 12.6. The molecule has 0 saturated carbocycles. The number of fused-ring (bicyclic) bond motifs is 1. The molecule has 1 spiro atoms. The van der Waals surface area contributed by atoms with Crippen molar-refractivity contribution in [1.29, 1.82) is 0 Å². The maximum absolute atomic E-state index is 14.2. The van der Waals surface area contributed by atoms with Crippen molar-refractivity contribution in [3.05, 3.63) is 95.1 Å². The van der Waals surface area contributed by atoms with Crippen molar-refractivity contribution in [2.75, 3.05) is 20.3 Å². The van der Waals surface area contributed by atoms with Crippen molar-refractivity contribution < 1.29 is 28.9 Å². The van der Waals surface area contributed by atoms with Crippen LogP contribution in [0.5, 0.6) is 11.5 Å². The van der Waals surface area contributed by atoms with Gasteiger partial charge in [-0.2, -0.15) is 0 Å². The molecule has 3 aromatic rings. The first-order chi connectivity index (χ1) is 18.4. The molecule has 2 aliphatic rings. The van der Waals surface area contributed by atoms with E-state index in [4.69, 9.17) is 24.3 Å². The van der Waals surface area contributed by atoms with Crippen molar-refractivity contribution in [3.8, 4) is 11.5 Å². The SMILES string of the molecule is COc1cccc([C@H]2OC(c3ccc(OCCCO)cc3)=N[C@]23Cc2ccccc2CN(C(C)=O)C3=O)c1. The van der Waals surface area contributed by atoms with E-state index in [2.05, 4.69) is 0 Å². The molecule has 8 nitrogen and oxygen atoms in total. The Morgan fingerprint density at radius 3 is 2.55 bits per heavy atom. The lowest BCUT2D eigenvalue weighted by molar-refractivity contribution is -0.149. The Morgan fingerprint density at radius 1 is 1.08 bits per heavy atom. The monoisotopic (exact) mass is 514 g/mol. The number of rotatable bonds is 7. The Bertz CT molecular complexity index is 1370. The van der Waals surface area contributed by atoms with Gasteiger partial charge >= 0.3 is 0 Å². The molecule has 38 heavy (non-hydrogen) atoms. The second kappa shape index (κ2) is 10.7. The van der Waals surface area contributed by atoms with Crippen LogP contribution in [0.25, 0.3) is 0 Å². The maximum atomic E-state index is 14.2. The highest BCUT2D eigenvalue weighted by Crippen LogP contribution is 2.46. The van der Waals surface area contributed by atoms with E-state index in [9.17, 15) is 9.59 Å². The standard InChI is InChI=1S/C30H30N2O6/c1-20(34)32-19-24-8-4-3-7-23(24)18-30(29(32)35)27(22-9-5-10-26(17-22)36-2)38-28(31-30)21-11-13-25(14-12-21)37-16-6-15-33/h3-5,7-14,17,27,33H,6,15-16,18-19H2,1-2H3/t27-,30-/m1/s1. The summed E-state index contributed by atoms with van der Waals surface area (Å²) in [4.78, 5) is 33.2. The summed E-state index contributed by atoms with van der Waals surface area (Å²) in [5.74, 6) is 0.860. The second-order valence-corrected chi connectivity index (χ2v) is 9.42. The Balaban J connectivity index is 1.62. The van der Waals surface area contributed by atoms with Gasteiger partial charge in [0.1, 0.15) is 11.5 Å². The van der Waals surface area contributed by atoms with Gasteiger partial charge in [-0.3, -0.25) is 14.5 Å². The van der Waals surface area contributed by atoms with Crippen LogP contribution in [-0.2, 0) is 27.3 Å². The molecule has 0 saturated heterocycles. The fourth-order valence-corrected chi connectivity index (χ4v) is 4.98. The van der Waals surface area contributed by atoms with Gasteiger partial charge in [0.2, 0.25) is 11.8 Å². The van der Waals surface area contributed by atoms with Gasteiger partial charge < -0.3 is 19.3 Å². The van der Waals surface area contributed by atoms with Crippen LogP contribution in [0.15, 0.2) is 77.8 Å². The molecule has 2 aliphatic heterocycles. The van der Waals surface area contributed by atoms with Crippen molar-refractivity contribution in [3.63, 3.8) is 0 Å². The van der Waals surface area contributed by atoms with Gasteiger partial charge in [-0.25, -0.2) is 4.99 Å². The van der Waals surface area contributed by atoms with Crippen LogP contribution in [0.4, 0.5) is 0 Å². The number of aliphatic imine (C=N–C) groups is 1. The first kappa shape index (κ1) is 25.5. The Hall–Kier alpha value is -4.17. The van der Waals surface area contributed by atoms with Crippen molar-refractivity contribution >= 4 is 17.7 Å². The first-order valence-electron chi connectivity index (χ1n) is 12.6. The lowest BCUT2D eigenvalue weighted by Crippen LogP contribution is -2.51. The van der Waals surface area contributed by atoms with Crippen molar-refractivity contribution in [2.24, 2.45) is 4.99 Å². The van der Waals surface area contributed by atoms with Crippen LogP contribution in [0.3, 0.4) is 0 Å². The maximum Gasteiger partial charge on any atom is 0.262 e. The molecule has 0 aliphatic carbocycles. The quantitative estimate of drug-likeness (QED) is 0.481. The number of benzene rings is 3. The summed E-state index contributed by atoms with van der Waals surface area (Å²) < 4.78 is 17.6. The van der Waals surface area contributed by atoms with E-state index in [1.807, 2.05) is 60.7 Å². The molecular weight excluding hydrogens is 484 g/mol. The molecule has 3 aromatic carbocycles. The lowest BCUT2D eigenvalue weighted by atomic mass is 9.81. The molecule has 2 amide bonds. The summed E-state index contributed by atoms with van der Waals surface area (Å²) >= 11 is 0. The van der Waals surface area contributed by atoms with Crippen molar-refractivity contribution in [2.45, 2.75) is 38.0 Å². The van der Waals surface area contributed by atoms with E-state index in [1.54, 1.807) is 19.2 Å². The van der Waals surface area contributed by atoms with E-state index < -0.39 is 17.6 Å². The molecule has 2 heterocycles. The predicted molar refractivity (Wildman–Crippen MR) is 141 cm³/mol. The predicted octanol–water partition coefficient (Wildman–Crippen LogP) is 3.84. The molecule has 0 radical (unpaired) electrons. The highest BCUT2D eigenvalue weighted by atomic mass is 16.5. The lowest BCUT2D eigenvalue weighted by Gasteiger charge is -2.32. The number of aliphatic hydroxyl groups is 1. The molecule has 0 bridgehead atoms. The fraction of sp³-hybridized carbons (Fsp3) is 0.300. The number of hydrogen-bond acceptors (Lipinski definition) is 7. The largest absolute Gasteiger partial charge is 0.497 e. The Kier molecular flexibility index (Phi) is 7.15. The molecule has 196 valence electrons. The summed E-state index contributed by atoms with van der Waals surface area (Å²) in [6.07, 6.45) is 0.0338. The van der Waals surface area contributed by atoms with E-state index >= 15 is 0 Å². The zero-order valence-electron chi connectivity index (χ0n) is 21.4. The molecule has 8 heteroatoms. The van der Waals surface area contributed by atoms with Crippen LogP contribution in [0, 0.1) is 0 Å². The van der Waals surface area contributed by atoms with Crippen molar-refractivity contribution in [1.82, 2.24) is 4.90 Å². The summed E-state index contributed by atoms with van der Waals surface area (Å²) in [7, 11) is 1.58. The summed E-state index contributed by atoms with van der Waals surface area (Å²) in [5.41, 5.74) is 1.87. The molecular formula is C30H30N2O6. The summed E-state index contributed by atoms with van der Waals surface area (Å²) in [6.45, 7) is 2.05. The topological polar surface area (TPSA) is 97.7 Å². The number of aliphatic hydroxyl groups excluding tert-OH is 1. The summed E-state index contributed by atoms with van der Waals surface area (Å²) in [5, 5.41) is 8.99. The third-order valence-corrected chi connectivity index (χ3v) is 6.94. The van der Waals surface area contributed by atoms with E-state index in [0.29, 0.717) is 36.0 Å². The normalized spacial score (nSPS) is 20.4. The van der Waals surface area contributed by atoms with Crippen LogP contribution in [-0.4, -0.2) is 53.6 Å². The Morgan fingerprint density at radius 2 is 1.84 bits per heavy atom. The van der Waals surface area contributed by atoms with Gasteiger partial charge in [-0.15, -0.1) is 0 Å². The number of carbonyl (C=O) groups is 2. The minimum absolute atomic E-state index is 0.0604. The minimum atomic E-state index is -1.39. The van der Waals surface area contributed by atoms with Gasteiger partial charge in [0.05, 0.1) is 20.3 Å². The van der Waals surface area contributed by atoms with Gasteiger partial charge in [-0.1, -0.05) is 36.4 Å². The number of amides is 2. The number of carbonyl (C=O) groups excluding carboxylic acids is 2. The molecule has 0 fully saturated rings. The van der Waals surface area contributed by atoms with Gasteiger partial charge in [0, 0.05) is 31.9 Å². The zero-order chi connectivity index (χ0) is 26.7. The number of imide groups is 1. The smallest absolute Gasteiger partial charge is 0.262 e. The molecule has 0 aromatic heterocycles. The van der Waals surface area contributed by atoms with Gasteiger partial charge in [-0.05, 0) is 53.1 Å². The molecule has 2 atom stereocenters. The average molecular weight is 515 g/mol. The number of nitrogens with zero attached hydrogens (tertiary/aromatic N) is 2. The van der Waals surface area contributed by atoms with Crippen LogP contribution < -0.4 is 9.47 Å². The van der Waals surface area contributed by atoms with E-state index in [0.717, 1.165) is 16.7 Å². The summed E-state index contributed by atoms with van der Waals surface area (Å²) in [6, 6.07) is 22.4. The highest BCUT2D eigenvalue weighted by molar-refractivity contribution is 6.05. The second-order valence-electron chi connectivity index (χ2n) is 9.42. The van der Waals surface area contributed by atoms with Crippen LogP contribution in [0.1, 0.15) is 41.7 Å². The van der Waals surface area contributed by atoms with Gasteiger partial charge in [0.15, 0.2) is 11.6 Å². The average Bonchev–Trinajstić information content (AvgIpc) is 3.27. The molecule has 0 unspecified atom stereocenters. The van der Waals surface area contributed by atoms with Gasteiger partial charge in [0.25, 0.3) is 5.91 Å². The number of methoxy groups -OCH3 is 1. The zero-order valence-corrected chi connectivity index (χ0v) is 21.4. The van der Waals surface area contributed by atoms with E-state index in [-0.39, 0.29) is 25.5 Å². The molecule has 5 rings (SSSR count). The third kappa shape index (κ3) is 4.75. The fourth-order valence-electron chi connectivity index (χ4n) is 4.98. The Labute approximate surface area is 221 Å². The van der Waals surface area contributed by atoms with E-state index in [1.165, 1.54) is 11.8 Å². The number of hydrogen-bond donors (Lipinski definition) is 1. The van der Waals surface area contributed by atoms with Crippen LogP contribution >= 0.6 is 0 Å². The third-order valence-electron chi connectivity index (χ3n) is 6.94. The minimum Gasteiger partial charge on any atom is -0.497 e. The number of ether oxygens (including phenoxy) is 3. The van der Waals surface area contributed by atoms with Crippen LogP contribution in [0.2, 0.25) is 0 Å². The highest BCUT2D eigenvalue weighted by Gasteiger charge is 2.56.